The van der Waals surface area contributed by atoms with E-state index in [-0.39, 0.29) is 29.6 Å². The first kappa shape index (κ1) is 19.4. The lowest BCUT2D eigenvalue weighted by atomic mass is 9.92. The molecule has 2 aromatic rings. The Morgan fingerprint density at radius 3 is 2.52 bits per heavy atom. The van der Waals surface area contributed by atoms with Crippen LogP contribution in [-0.4, -0.2) is 65.9 Å². The maximum absolute atomic E-state index is 13.4. The van der Waals surface area contributed by atoms with Crippen molar-refractivity contribution in [1.29, 1.82) is 0 Å². The number of amides is 2. The number of hydrogen-bond acceptors (Lipinski definition) is 4. The van der Waals surface area contributed by atoms with Gasteiger partial charge in [-0.3, -0.25) is 14.6 Å². The summed E-state index contributed by atoms with van der Waals surface area (Å²) in [7, 11) is 1.83. The van der Waals surface area contributed by atoms with Crippen LogP contribution in [0.2, 0.25) is 0 Å². The number of likely N-dealkylation sites (N-methyl/N-ethyl adjacent to an activating group) is 1. The normalized spacial score (nSPS) is 22.7. The second kappa shape index (κ2) is 8.19. The van der Waals surface area contributed by atoms with E-state index in [4.69, 9.17) is 0 Å². The summed E-state index contributed by atoms with van der Waals surface area (Å²) in [5.41, 5.74) is 1.34. The summed E-state index contributed by atoms with van der Waals surface area (Å²) in [6, 6.07) is 11.7. The van der Waals surface area contributed by atoms with Gasteiger partial charge in [-0.25, -0.2) is 4.39 Å². The van der Waals surface area contributed by atoms with Crippen LogP contribution in [0.25, 0.3) is 0 Å². The summed E-state index contributed by atoms with van der Waals surface area (Å²) in [6.45, 7) is 2.39. The minimum absolute atomic E-state index is 0.0283. The van der Waals surface area contributed by atoms with Gasteiger partial charge in [0.25, 0.3) is 5.91 Å². The third kappa shape index (κ3) is 3.95. The van der Waals surface area contributed by atoms with Crippen molar-refractivity contribution in [3.8, 4) is 0 Å². The van der Waals surface area contributed by atoms with Crippen molar-refractivity contribution in [2.45, 2.75) is 18.9 Å². The molecular weight excluding hydrogens is 371 g/mol. The SMILES string of the molecule is CN1CCN(c2ccc(F)cc2)[C@H]2CCN(C(=O)c3ccccn3)CC[C@@H]2C1=O. The highest BCUT2D eigenvalue weighted by molar-refractivity contribution is 5.92. The van der Waals surface area contributed by atoms with Crippen LogP contribution in [-0.2, 0) is 4.79 Å². The van der Waals surface area contributed by atoms with Crippen LogP contribution in [0.3, 0.4) is 0 Å². The lowest BCUT2D eigenvalue weighted by Crippen LogP contribution is -2.43. The molecule has 152 valence electrons. The van der Waals surface area contributed by atoms with Crippen LogP contribution >= 0.6 is 0 Å². The van der Waals surface area contributed by atoms with Gasteiger partial charge in [0.05, 0.1) is 5.92 Å². The predicted molar refractivity (Wildman–Crippen MR) is 108 cm³/mol. The highest BCUT2D eigenvalue weighted by Crippen LogP contribution is 2.31. The van der Waals surface area contributed by atoms with E-state index < -0.39 is 0 Å². The smallest absolute Gasteiger partial charge is 0.272 e. The molecular formula is C22H25FN4O2. The zero-order chi connectivity index (χ0) is 20.4. The fraction of sp³-hybridized carbons (Fsp3) is 0.409. The zero-order valence-electron chi connectivity index (χ0n) is 16.5. The van der Waals surface area contributed by atoms with Crippen molar-refractivity contribution in [2.75, 3.05) is 38.1 Å². The molecule has 4 rings (SSSR count). The predicted octanol–water partition coefficient (Wildman–Crippen LogP) is 2.42. The van der Waals surface area contributed by atoms with Gasteiger partial charge in [0, 0.05) is 51.2 Å². The van der Waals surface area contributed by atoms with Crippen molar-refractivity contribution in [3.05, 3.63) is 60.2 Å². The Kier molecular flexibility index (Phi) is 5.47. The zero-order valence-corrected chi connectivity index (χ0v) is 16.5. The average Bonchev–Trinajstić information content (AvgIpc) is 3.03. The number of aromatic nitrogens is 1. The molecule has 2 fully saturated rings. The summed E-state index contributed by atoms with van der Waals surface area (Å²) in [5.74, 6) is -0.460. The van der Waals surface area contributed by atoms with Crippen molar-refractivity contribution >= 4 is 17.5 Å². The lowest BCUT2D eigenvalue weighted by molar-refractivity contribution is -0.134. The van der Waals surface area contributed by atoms with E-state index >= 15 is 0 Å². The maximum Gasteiger partial charge on any atom is 0.272 e. The first-order valence-corrected chi connectivity index (χ1v) is 10.0. The van der Waals surface area contributed by atoms with Gasteiger partial charge in [-0.05, 0) is 49.2 Å². The Morgan fingerprint density at radius 1 is 1.03 bits per heavy atom. The molecule has 1 aromatic carbocycles. The number of carbonyl (C=O) groups is 2. The molecule has 6 nitrogen and oxygen atoms in total. The first-order valence-electron chi connectivity index (χ1n) is 10.0. The second-order valence-corrected chi connectivity index (χ2v) is 7.69. The number of pyridine rings is 1. The Hall–Kier alpha value is -2.96. The molecule has 0 radical (unpaired) electrons. The largest absolute Gasteiger partial charge is 0.366 e. The van der Waals surface area contributed by atoms with Gasteiger partial charge in [-0.15, -0.1) is 0 Å². The van der Waals surface area contributed by atoms with Gasteiger partial charge in [0.15, 0.2) is 0 Å². The Labute approximate surface area is 169 Å². The highest BCUT2D eigenvalue weighted by atomic mass is 19.1. The highest BCUT2D eigenvalue weighted by Gasteiger charge is 2.40. The standard InChI is InChI=1S/C22H25FN4O2/c1-25-14-15-27(17-7-5-16(23)6-8-17)20-10-13-26(12-9-18(20)21(25)28)22(29)19-4-2-3-11-24-19/h2-8,11,18,20H,9-10,12-15H2,1H3/t18-,20-/m0/s1. The topological polar surface area (TPSA) is 56.8 Å². The molecule has 0 bridgehead atoms. The average molecular weight is 396 g/mol. The van der Waals surface area contributed by atoms with E-state index in [9.17, 15) is 14.0 Å². The molecule has 3 heterocycles. The molecule has 2 amide bonds. The molecule has 1 aromatic heterocycles. The number of hydrogen-bond donors (Lipinski definition) is 0. The number of likely N-dealkylation sites (tertiary alicyclic amines) is 1. The number of carbonyl (C=O) groups excluding carboxylic acids is 2. The van der Waals surface area contributed by atoms with Gasteiger partial charge < -0.3 is 14.7 Å². The van der Waals surface area contributed by atoms with E-state index in [0.717, 1.165) is 5.69 Å². The minimum atomic E-state index is -0.277. The van der Waals surface area contributed by atoms with Gasteiger partial charge in [0.2, 0.25) is 5.91 Å². The molecule has 0 N–H and O–H groups in total. The molecule has 2 saturated heterocycles. The Morgan fingerprint density at radius 2 is 1.79 bits per heavy atom. The van der Waals surface area contributed by atoms with Crippen molar-refractivity contribution in [1.82, 2.24) is 14.8 Å². The molecule has 0 unspecified atom stereocenters. The van der Waals surface area contributed by atoms with Crippen molar-refractivity contribution in [2.24, 2.45) is 5.92 Å². The number of rotatable bonds is 2. The molecule has 7 heteroatoms. The monoisotopic (exact) mass is 396 g/mol. The summed E-state index contributed by atoms with van der Waals surface area (Å²) in [6.07, 6.45) is 2.90. The van der Waals surface area contributed by atoms with Gasteiger partial charge in [-0.2, -0.15) is 0 Å². The maximum atomic E-state index is 13.4. The Bertz CT molecular complexity index is 874. The summed E-state index contributed by atoms with van der Waals surface area (Å²) >= 11 is 0. The third-order valence-corrected chi connectivity index (χ3v) is 5.97. The fourth-order valence-corrected chi connectivity index (χ4v) is 4.37. The second-order valence-electron chi connectivity index (χ2n) is 7.69. The van der Waals surface area contributed by atoms with Gasteiger partial charge in [-0.1, -0.05) is 6.07 Å². The molecule has 2 atom stereocenters. The number of halogens is 1. The van der Waals surface area contributed by atoms with E-state index in [1.54, 1.807) is 46.3 Å². The molecule has 0 saturated carbocycles. The summed E-state index contributed by atoms with van der Waals surface area (Å²) in [4.78, 5) is 35.9. The van der Waals surface area contributed by atoms with Crippen LogP contribution < -0.4 is 4.90 Å². The van der Waals surface area contributed by atoms with Crippen LogP contribution in [0.5, 0.6) is 0 Å². The number of fused-ring (bicyclic) bond motifs is 1. The number of nitrogens with zero attached hydrogens (tertiary/aromatic N) is 4. The Balaban J connectivity index is 1.60. The number of benzene rings is 1. The van der Waals surface area contributed by atoms with Gasteiger partial charge in [0.1, 0.15) is 11.5 Å². The first-order chi connectivity index (χ1) is 14.0. The molecule has 29 heavy (non-hydrogen) atoms. The molecule has 0 aliphatic carbocycles. The van der Waals surface area contributed by atoms with E-state index in [1.807, 2.05) is 7.05 Å². The van der Waals surface area contributed by atoms with Crippen LogP contribution in [0.1, 0.15) is 23.3 Å². The van der Waals surface area contributed by atoms with Crippen molar-refractivity contribution in [3.63, 3.8) is 0 Å². The van der Waals surface area contributed by atoms with Crippen LogP contribution in [0.15, 0.2) is 48.7 Å². The molecule has 2 aliphatic heterocycles. The van der Waals surface area contributed by atoms with E-state index in [2.05, 4.69) is 9.88 Å². The van der Waals surface area contributed by atoms with E-state index in [0.29, 0.717) is 44.7 Å². The van der Waals surface area contributed by atoms with Crippen LogP contribution in [0.4, 0.5) is 10.1 Å². The molecule has 2 aliphatic rings. The fourth-order valence-electron chi connectivity index (χ4n) is 4.37. The summed E-state index contributed by atoms with van der Waals surface area (Å²) in [5, 5.41) is 0. The molecule has 0 spiro atoms. The summed E-state index contributed by atoms with van der Waals surface area (Å²) < 4.78 is 13.4. The van der Waals surface area contributed by atoms with E-state index in [1.165, 1.54) is 12.1 Å². The lowest BCUT2D eigenvalue weighted by Gasteiger charge is -2.34. The van der Waals surface area contributed by atoms with Gasteiger partial charge >= 0.3 is 0 Å². The number of anilines is 1. The quantitative estimate of drug-likeness (QED) is 0.782. The van der Waals surface area contributed by atoms with Crippen LogP contribution in [0, 0.1) is 11.7 Å². The van der Waals surface area contributed by atoms with Crippen molar-refractivity contribution < 1.29 is 14.0 Å². The minimum Gasteiger partial charge on any atom is -0.366 e. The third-order valence-electron chi connectivity index (χ3n) is 5.97.